The van der Waals surface area contributed by atoms with E-state index in [1.54, 1.807) is 0 Å². The quantitative estimate of drug-likeness (QED) is 0.638. The third kappa shape index (κ3) is 1.79. The minimum atomic E-state index is 0.119. The fraction of sp³-hybridized carbons (Fsp3) is 0.571. The van der Waals surface area contributed by atoms with Crippen LogP contribution in [-0.4, -0.2) is 0 Å². The highest BCUT2D eigenvalue weighted by atomic mass is 35.5. The van der Waals surface area contributed by atoms with Crippen molar-refractivity contribution < 1.29 is 0 Å². The molecule has 2 rings (SSSR count). The minimum Gasteiger partial charge on any atom is -0.271 e. The Hall–Kier alpha value is -0.570. The zero-order chi connectivity index (χ0) is 12.8. The monoisotopic (exact) mass is 252 g/mol. The highest BCUT2D eigenvalue weighted by Gasteiger charge is 2.67. The minimum absolute atomic E-state index is 0.119. The van der Waals surface area contributed by atoms with Gasteiger partial charge in [-0.25, -0.2) is 0 Å². The van der Waals surface area contributed by atoms with E-state index in [4.69, 9.17) is 17.4 Å². The lowest BCUT2D eigenvalue weighted by Crippen LogP contribution is -2.31. The average Bonchev–Trinajstić information content (AvgIpc) is 2.64. The van der Waals surface area contributed by atoms with Gasteiger partial charge >= 0.3 is 0 Å². The number of benzene rings is 1. The SMILES string of the molecule is CC1(C)C(C(NN)c2ccccc2Cl)C1(C)C. The second kappa shape index (κ2) is 3.98. The van der Waals surface area contributed by atoms with Gasteiger partial charge in [0.05, 0.1) is 6.04 Å². The Balaban J connectivity index is 2.35. The van der Waals surface area contributed by atoms with E-state index in [1.807, 2.05) is 18.2 Å². The third-order valence-electron chi connectivity index (χ3n) is 4.89. The number of nitrogens with one attached hydrogen (secondary N) is 1. The van der Waals surface area contributed by atoms with Crippen LogP contribution in [0.15, 0.2) is 24.3 Å². The number of hydrazine groups is 1. The van der Waals surface area contributed by atoms with Gasteiger partial charge in [0.2, 0.25) is 0 Å². The van der Waals surface area contributed by atoms with Crippen LogP contribution in [0.4, 0.5) is 0 Å². The molecule has 0 spiro atoms. The molecule has 1 fully saturated rings. The summed E-state index contributed by atoms with van der Waals surface area (Å²) in [6.45, 7) is 9.16. The molecule has 0 aromatic heterocycles. The van der Waals surface area contributed by atoms with Crippen molar-refractivity contribution >= 4 is 11.6 Å². The molecular formula is C14H21ClN2. The molecule has 0 bridgehead atoms. The molecule has 0 amide bonds. The molecule has 1 aromatic rings. The van der Waals surface area contributed by atoms with Crippen LogP contribution in [0.3, 0.4) is 0 Å². The van der Waals surface area contributed by atoms with Crippen molar-refractivity contribution in [2.45, 2.75) is 33.7 Å². The third-order valence-corrected chi connectivity index (χ3v) is 5.23. The Labute approximate surface area is 109 Å². The molecule has 1 unspecified atom stereocenters. The van der Waals surface area contributed by atoms with Crippen LogP contribution in [0.1, 0.15) is 39.3 Å². The van der Waals surface area contributed by atoms with Crippen molar-refractivity contribution in [2.75, 3.05) is 0 Å². The molecule has 2 nitrogen and oxygen atoms in total. The van der Waals surface area contributed by atoms with Crippen molar-refractivity contribution in [3.8, 4) is 0 Å². The van der Waals surface area contributed by atoms with Gasteiger partial charge in [-0.3, -0.25) is 11.3 Å². The molecule has 1 aromatic carbocycles. The summed E-state index contributed by atoms with van der Waals surface area (Å²) in [5.41, 5.74) is 4.61. The summed E-state index contributed by atoms with van der Waals surface area (Å²) in [5, 5.41) is 0.786. The molecule has 0 radical (unpaired) electrons. The van der Waals surface area contributed by atoms with E-state index in [2.05, 4.69) is 39.2 Å². The Morgan fingerprint density at radius 3 is 2.12 bits per heavy atom. The second-order valence-corrected chi connectivity index (χ2v) is 6.49. The van der Waals surface area contributed by atoms with Crippen LogP contribution in [0.2, 0.25) is 5.02 Å². The summed E-state index contributed by atoms with van der Waals surface area (Å²) in [6.07, 6.45) is 0. The molecule has 1 saturated carbocycles. The molecular weight excluding hydrogens is 232 g/mol. The number of hydrogen-bond donors (Lipinski definition) is 2. The maximum atomic E-state index is 6.26. The van der Waals surface area contributed by atoms with Crippen LogP contribution < -0.4 is 11.3 Å². The van der Waals surface area contributed by atoms with Crippen molar-refractivity contribution in [3.63, 3.8) is 0 Å². The molecule has 3 N–H and O–H groups in total. The Morgan fingerprint density at radius 1 is 1.18 bits per heavy atom. The highest BCUT2D eigenvalue weighted by molar-refractivity contribution is 6.31. The maximum Gasteiger partial charge on any atom is 0.0513 e. The number of rotatable bonds is 3. The van der Waals surface area contributed by atoms with E-state index in [0.717, 1.165) is 10.6 Å². The van der Waals surface area contributed by atoms with Crippen molar-refractivity contribution in [1.29, 1.82) is 0 Å². The van der Waals surface area contributed by atoms with E-state index in [0.29, 0.717) is 5.92 Å². The average molecular weight is 253 g/mol. The smallest absolute Gasteiger partial charge is 0.0513 e. The lowest BCUT2D eigenvalue weighted by Gasteiger charge is -2.20. The van der Waals surface area contributed by atoms with Crippen LogP contribution in [0.25, 0.3) is 0 Å². The molecule has 1 atom stereocenters. The lowest BCUT2D eigenvalue weighted by atomic mass is 9.97. The lowest BCUT2D eigenvalue weighted by molar-refractivity contribution is 0.418. The van der Waals surface area contributed by atoms with Gasteiger partial charge < -0.3 is 0 Å². The van der Waals surface area contributed by atoms with Gasteiger partial charge in [0.25, 0.3) is 0 Å². The van der Waals surface area contributed by atoms with Crippen molar-refractivity contribution in [3.05, 3.63) is 34.9 Å². The zero-order valence-electron chi connectivity index (χ0n) is 10.9. The van der Waals surface area contributed by atoms with Gasteiger partial charge in [-0.1, -0.05) is 57.5 Å². The first-order valence-corrected chi connectivity index (χ1v) is 6.42. The Kier molecular flexibility index (Phi) is 3.01. The number of halogens is 1. The van der Waals surface area contributed by atoms with Gasteiger partial charge in [-0.15, -0.1) is 0 Å². The molecule has 17 heavy (non-hydrogen) atoms. The highest BCUT2D eigenvalue weighted by Crippen LogP contribution is 2.72. The summed E-state index contributed by atoms with van der Waals surface area (Å²) in [6, 6.07) is 8.05. The topological polar surface area (TPSA) is 38.0 Å². The van der Waals surface area contributed by atoms with Crippen molar-refractivity contribution in [2.24, 2.45) is 22.6 Å². The van der Waals surface area contributed by atoms with E-state index in [-0.39, 0.29) is 16.9 Å². The largest absolute Gasteiger partial charge is 0.271 e. The Bertz CT molecular complexity index is 412. The summed E-state index contributed by atoms with van der Waals surface area (Å²) < 4.78 is 0. The van der Waals surface area contributed by atoms with Gasteiger partial charge in [0, 0.05) is 5.02 Å². The van der Waals surface area contributed by atoms with Crippen LogP contribution in [-0.2, 0) is 0 Å². The zero-order valence-corrected chi connectivity index (χ0v) is 11.7. The first-order chi connectivity index (χ1) is 7.84. The van der Waals surface area contributed by atoms with Crippen LogP contribution in [0.5, 0.6) is 0 Å². The van der Waals surface area contributed by atoms with Gasteiger partial charge in [-0.05, 0) is 28.4 Å². The van der Waals surface area contributed by atoms with Crippen LogP contribution in [0, 0.1) is 16.7 Å². The summed E-state index contributed by atoms with van der Waals surface area (Å²) >= 11 is 6.26. The van der Waals surface area contributed by atoms with E-state index < -0.39 is 0 Å². The van der Waals surface area contributed by atoms with Crippen molar-refractivity contribution in [1.82, 2.24) is 5.43 Å². The fourth-order valence-corrected chi connectivity index (χ4v) is 3.43. The second-order valence-electron chi connectivity index (χ2n) is 6.09. The number of hydrogen-bond acceptors (Lipinski definition) is 2. The van der Waals surface area contributed by atoms with E-state index in [9.17, 15) is 0 Å². The molecule has 1 aliphatic carbocycles. The molecule has 0 heterocycles. The first-order valence-electron chi connectivity index (χ1n) is 6.04. The predicted octanol–water partition coefficient (Wildman–Crippen LogP) is 3.53. The predicted molar refractivity (Wildman–Crippen MR) is 72.6 cm³/mol. The van der Waals surface area contributed by atoms with E-state index in [1.165, 1.54) is 0 Å². The standard InChI is InChI=1S/C14H21ClN2/c1-13(2)12(14(13,3)4)11(17-16)9-7-5-6-8-10(9)15/h5-8,11-12,17H,16H2,1-4H3. The Morgan fingerprint density at radius 2 is 1.71 bits per heavy atom. The van der Waals surface area contributed by atoms with Crippen LogP contribution >= 0.6 is 11.6 Å². The molecule has 0 aliphatic heterocycles. The summed E-state index contributed by atoms with van der Waals surface area (Å²) in [5.74, 6) is 6.25. The molecule has 1 aliphatic rings. The van der Waals surface area contributed by atoms with Gasteiger partial charge in [0.15, 0.2) is 0 Å². The fourth-order valence-electron chi connectivity index (χ4n) is 3.17. The van der Waals surface area contributed by atoms with Gasteiger partial charge in [-0.2, -0.15) is 0 Å². The van der Waals surface area contributed by atoms with Gasteiger partial charge in [0.1, 0.15) is 0 Å². The van der Waals surface area contributed by atoms with E-state index >= 15 is 0 Å². The molecule has 94 valence electrons. The normalized spacial score (nSPS) is 23.4. The number of nitrogens with two attached hydrogens (primary N) is 1. The summed E-state index contributed by atoms with van der Waals surface area (Å²) in [7, 11) is 0. The molecule has 0 saturated heterocycles. The summed E-state index contributed by atoms with van der Waals surface area (Å²) in [4.78, 5) is 0. The maximum absolute atomic E-state index is 6.26. The first kappa shape index (κ1) is 12.9. The molecule has 3 heteroatoms.